The van der Waals surface area contributed by atoms with Crippen LogP contribution >= 0.6 is 12.2 Å². The summed E-state index contributed by atoms with van der Waals surface area (Å²) in [6.07, 6.45) is 0. The molecule has 0 atom stereocenters. The number of hydrogen-bond donors (Lipinski definition) is 1. The van der Waals surface area contributed by atoms with Crippen molar-refractivity contribution >= 4 is 22.9 Å². The summed E-state index contributed by atoms with van der Waals surface area (Å²) in [5.74, 6) is 0. The lowest BCUT2D eigenvalue weighted by Gasteiger charge is -2.31. The fourth-order valence-electron chi connectivity index (χ4n) is 2.17. The number of hydrogen-bond acceptors (Lipinski definition) is 4. The topological polar surface area (TPSA) is 51.4 Å². The Morgan fingerprint density at radius 1 is 1.41 bits per heavy atom. The standard InChI is InChI=1S/C12H17N3OS/c1-8-7-10(15-3-5-16-6-4-15)11(12(13)17)9(2)14-8/h7H,3-6H2,1-2H3,(H2,13,17). The van der Waals surface area contributed by atoms with E-state index in [1.54, 1.807) is 0 Å². The molecule has 1 aliphatic rings. The van der Waals surface area contributed by atoms with Gasteiger partial charge in [-0.2, -0.15) is 0 Å². The summed E-state index contributed by atoms with van der Waals surface area (Å²) in [4.78, 5) is 7.10. The van der Waals surface area contributed by atoms with Gasteiger partial charge in [-0.05, 0) is 19.9 Å². The van der Waals surface area contributed by atoms with Crippen LogP contribution in [0.25, 0.3) is 0 Å². The van der Waals surface area contributed by atoms with Gasteiger partial charge in [0.25, 0.3) is 0 Å². The molecule has 1 aliphatic heterocycles. The first-order chi connectivity index (χ1) is 8.09. The fraction of sp³-hybridized carbons (Fsp3) is 0.500. The second-order valence-corrected chi connectivity index (χ2v) is 4.65. The van der Waals surface area contributed by atoms with Crippen LogP contribution in [0.15, 0.2) is 6.07 Å². The SMILES string of the molecule is Cc1cc(N2CCOCC2)c(C(N)=S)c(C)n1. The smallest absolute Gasteiger partial charge is 0.107 e. The Morgan fingerprint density at radius 3 is 2.65 bits per heavy atom. The monoisotopic (exact) mass is 251 g/mol. The number of nitrogens with zero attached hydrogens (tertiary/aromatic N) is 2. The van der Waals surface area contributed by atoms with Crippen molar-refractivity contribution in [1.82, 2.24) is 4.98 Å². The molecular weight excluding hydrogens is 234 g/mol. The number of aryl methyl sites for hydroxylation is 2. The molecule has 1 aromatic heterocycles. The Balaban J connectivity index is 2.46. The largest absolute Gasteiger partial charge is 0.389 e. The molecule has 0 bridgehead atoms. The van der Waals surface area contributed by atoms with Gasteiger partial charge in [-0.1, -0.05) is 12.2 Å². The molecule has 1 aromatic rings. The van der Waals surface area contributed by atoms with E-state index in [-0.39, 0.29) is 0 Å². The summed E-state index contributed by atoms with van der Waals surface area (Å²) in [5, 5.41) is 0. The van der Waals surface area contributed by atoms with Crippen molar-refractivity contribution in [1.29, 1.82) is 0 Å². The summed E-state index contributed by atoms with van der Waals surface area (Å²) >= 11 is 5.13. The molecule has 0 aliphatic carbocycles. The van der Waals surface area contributed by atoms with E-state index in [0.29, 0.717) is 4.99 Å². The minimum Gasteiger partial charge on any atom is -0.389 e. The van der Waals surface area contributed by atoms with E-state index in [0.717, 1.165) is 48.9 Å². The number of aromatic nitrogens is 1. The Bertz CT molecular complexity index is 442. The summed E-state index contributed by atoms with van der Waals surface area (Å²) < 4.78 is 5.36. The third kappa shape index (κ3) is 2.56. The van der Waals surface area contributed by atoms with Gasteiger partial charge in [0.15, 0.2) is 0 Å². The molecule has 17 heavy (non-hydrogen) atoms. The molecule has 1 fully saturated rings. The van der Waals surface area contributed by atoms with E-state index in [4.69, 9.17) is 22.7 Å². The molecule has 5 heteroatoms. The van der Waals surface area contributed by atoms with Gasteiger partial charge in [-0.15, -0.1) is 0 Å². The first-order valence-electron chi connectivity index (χ1n) is 5.70. The van der Waals surface area contributed by atoms with E-state index >= 15 is 0 Å². The van der Waals surface area contributed by atoms with Crippen molar-refractivity contribution < 1.29 is 4.74 Å². The third-order valence-corrected chi connectivity index (χ3v) is 3.11. The van der Waals surface area contributed by atoms with Crippen molar-refractivity contribution in [3.63, 3.8) is 0 Å². The highest BCUT2D eigenvalue weighted by atomic mass is 32.1. The molecule has 0 spiro atoms. The second-order valence-electron chi connectivity index (χ2n) is 4.21. The Kier molecular flexibility index (Phi) is 3.59. The van der Waals surface area contributed by atoms with Gasteiger partial charge in [0.1, 0.15) is 4.99 Å². The van der Waals surface area contributed by atoms with E-state index in [1.807, 2.05) is 19.9 Å². The van der Waals surface area contributed by atoms with E-state index in [9.17, 15) is 0 Å². The van der Waals surface area contributed by atoms with Gasteiger partial charge in [-0.25, -0.2) is 0 Å². The maximum Gasteiger partial charge on any atom is 0.107 e. The first-order valence-corrected chi connectivity index (χ1v) is 6.11. The number of pyridine rings is 1. The Hall–Kier alpha value is -1.20. The molecule has 2 N–H and O–H groups in total. The quantitative estimate of drug-likeness (QED) is 0.800. The number of anilines is 1. The molecule has 4 nitrogen and oxygen atoms in total. The van der Waals surface area contributed by atoms with Crippen LogP contribution in [0.5, 0.6) is 0 Å². The average molecular weight is 251 g/mol. The predicted molar refractivity (Wildman–Crippen MR) is 72.6 cm³/mol. The molecule has 0 saturated carbocycles. The summed E-state index contributed by atoms with van der Waals surface area (Å²) in [6.45, 7) is 7.18. The summed E-state index contributed by atoms with van der Waals surface area (Å²) in [7, 11) is 0. The highest BCUT2D eigenvalue weighted by Gasteiger charge is 2.18. The molecular formula is C12H17N3OS. The highest BCUT2D eigenvalue weighted by molar-refractivity contribution is 7.80. The average Bonchev–Trinajstić information content (AvgIpc) is 2.28. The van der Waals surface area contributed by atoms with Gasteiger partial charge < -0.3 is 15.4 Å². The van der Waals surface area contributed by atoms with Gasteiger partial charge in [0.05, 0.1) is 24.5 Å². The van der Waals surface area contributed by atoms with Gasteiger partial charge >= 0.3 is 0 Å². The number of thiocarbonyl (C=S) groups is 1. The van der Waals surface area contributed by atoms with Crippen LogP contribution in [0.4, 0.5) is 5.69 Å². The molecule has 2 rings (SSSR count). The van der Waals surface area contributed by atoms with Crippen molar-refractivity contribution in [2.45, 2.75) is 13.8 Å². The van der Waals surface area contributed by atoms with Gasteiger partial charge in [-0.3, -0.25) is 4.98 Å². The van der Waals surface area contributed by atoms with E-state index in [1.165, 1.54) is 0 Å². The van der Waals surface area contributed by atoms with Crippen LogP contribution < -0.4 is 10.6 Å². The zero-order valence-electron chi connectivity index (χ0n) is 10.2. The number of ether oxygens (including phenoxy) is 1. The Labute approximate surface area is 107 Å². The molecule has 92 valence electrons. The van der Waals surface area contributed by atoms with Gasteiger partial charge in [0.2, 0.25) is 0 Å². The third-order valence-electron chi connectivity index (χ3n) is 2.91. The molecule has 0 amide bonds. The lowest BCUT2D eigenvalue weighted by atomic mass is 10.1. The number of rotatable bonds is 2. The van der Waals surface area contributed by atoms with Crippen LogP contribution in [0.1, 0.15) is 17.0 Å². The van der Waals surface area contributed by atoms with Crippen LogP contribution in [0.3, 0.4) is 0 Å². The first kappa shape index (κ1) is 12.3. The van der Waals surface area contributed by atoms with Crippen molar-refractivity contribution in [2.24, 2.45) is 5.73 Å². The second kappa shape index (κ2) is 4.98. The van der Waals surface area contributed by atoms with E-state index in [2.05, 4.69) is 9.88 Å². The Morgan fingerprint density at radius 2 is 2.06 bits per heavy atom. The highest BCUT2D eigenvalue weighted by Crippen LogP contribution is 2.24. The maximum absolute atomic E-state index is 5.81. The van der Waals surface area contributed by atoms with Gasteiger partial charge in [0, 0.05) is 24.5 Å². The molecule has 0 aromatic carbocycles. The van der Waals surface area contributed by atoms with Crippen molar-refractivity contribution in [3.8, 4) is 0 Å². The molecule has 0 radical (unpaired) electrons. The maximum atomic E-state index is 5.81. The minimum atomic E-state index is 0.413. The minimum absolute atomic E-state index is 0.413. The van der Waals surface area contributed by atoms with Crippen molar-refractivity contribution in [3.05, 3.63) is 23.0 Å². The van der Waals surface area contributed by atoms with Crippen LogP contribution in [-0.2, 0) is 4.74 Å². The van der Waals surface area contributed by atoms with Crippen LogP contribution in [0, 0.1) is 13.8 Å². The molecule has 0 unspecified atom stereocenters. The van der Waals surface area contributed by atoms with Crippen LogP contribution in [0.2, 0.25) is 0 Å². The normalized spacial score (nSPS) is 16.0. The fourth-order valence-corrected chi connectivity index (χ4v) is 2.42. The van der Waals surface area contributed by atoms with Crippen LogP contribution in [-0.4, -0.2) is 36.3 Å². The predicted octanol–water partition coefficient (Wildman–Crippen LogP) is 1.17. The molecule has 2 heterocycles. The molecule has 1 saturated heterocycles. The number of morpholine rings is 1. The zero-order chi connectivity index (χ0) is 12.4. The zero-order valence-corrected chi connectivity index (χ0v) is 11.0. The lowest BCUT2D eigenvalue weighted by Crippen LogP contribution is -2.37. The summed E-state index contributed by atoms with van der Waals surface area (Å²) in [6, 6.07) is 2.05. The van der Waals surface area contributed by atoms with E-state index < -0.39 is 0 Å². The number of nitrogens with two attached hydrogens (primary N) is 1. The van der Waals surface area contributed by atoms with Crippen molar-refractivity contribution in [2.75, 3.05) is 31.2 Å². The summed E-state index contributed by atoms with van der Waals surface area (Å²) in [5.41, 5.74) is 9.68. The lowest BCUT2D eigenvalue weighted by molar-refractivity contribution is 0.122.